The van der Waals surface area contributed by atoms with Gasteiger partial charge >= 0.3 is 0 Å². The van der Waals surface area contributed by atoms with Crippen LogP contribution in [0.25, 0.3) is 121 Å². The highest BCUT2D eigenvalue weighted by atomic mass is 15.2. The van der Waals surface area contributed by atoms with Crippen molar-refractivity contribution in [2.45, 2.75) is 20.8 Å². The van der Waals surface area contributed by atoms with Crippen LogP contribution in [0.15, 0.2) is 285 Å². The Morgan fingerprint density at radius 3 is 0.941 bits per heavy atom. The van der Waals surface area contributed by atoms with Crippen LogP contribution in [0.3, 0.4) is 0 Å². The van der Waals surface area contributed by atoms with Crippen molar-refractivity contribution in [2.24, 2.45) is 0 Å². The highest BCUT2D eigenvalue weighted by Crippen LogP contribution is 2.49. The topological polar surface area (TPSA) is 15.3 Å². The number of hydrogen-bond acceptors (Lipinski definition) is 2. The Bertz CT molecular complexity index is 5360. The van der Waals surface area contributed by atoms with Gasteiger partial charge in [-0.2, -0.15) is 0 Å². The van der Waals surface area contributed by atoms with Gasteiger partial charge in [-0.15, -0.1) is 0 Å². The fourth-order valence-electron chi connectivity index (χ4n) is 14.0. The molecule has 4 heteroatoms. The molecule has 17 rings (SSSR count). The fourth-order valence-corrected chi connectivity index (χ4v) is 14.0. The molecule has 400 valence electrons. The summed E-state index contributed by atoms with van der Waals surface area (Å²) in [6, 6.07) is 106. The molecule has 0 amide bonds. The monoisotopic (exact) mass is 1080 g/mol. The Morgan fingerprint density at radius 1 is 0.212 bits per heavy atom. The molecule has 0 bridgehead atoms. The number of aromatic nitrogens is 2. The van der Waals surface area contributed by atoms with Crippen LogP contribution in [-0.2, 0) is 0 Å². The first-order valence-corrected chi connectivity index (χ1v) is 29.5. The SMILES string of the molecule is Cc1ccc(-c2ccccc2)cc1N(c1cccc(-c2ccccc2)c1)c1ccc2c3cccc4c5cc6c(cc5n(c2c1)c34)c1cccc2c3ccc(N(c4cc(-c5ccccc5)ccc4C)c4cc(-c5ccccc5)ccc4C)cc3n6c21. The van der Waals surface area contributed by atoms with Crippen molar-refractivity contribution in [3.05, 3.63) is 302 Å². The molecular formula is C81H56N4. The van der Waals surface area contributed by atoms with E-state index in [1.807, 2.05) is 0 Å². The first-order chi connectivity index (χ1) is 41.9. The number of hydrogen-bond donors (Lipinski definition) is 0. The average molecular weight is 1090 g/mol. The lowest BCUT2D eigenvalue weighted by atomic mass is 9.99. The summed E-state index contributed by atoms with van der Waals surface area (Å²) in [6.07, 6.45) is 0. The van der Waals surface area contributed by atoms with Gasteiger partial charge in [0.25, 0.3) is 0 Å². The van der Waals surface area contributed by atoms with Crippen LogP contribution in [0, 0.1) is 20.8 Å². The number of rotatable bonds is 10. The van der Waals surface area contributed by atoms with Crippen LogP contribution in [0.2, 0.25) is 0 Å². The molecule has 0 N–H and O–H groups in total. The molecule has 0 saturated heterocycles. The maximum Gasteiger partial charge on any atom is 0.0620 e. The molecule has 13 aromatic carbocycles. The van der Waals surface area contributed by atoms with E-state index in [1.54, 1.807) is 0 Å². The van der Waals surface area contributed by atoms with E-state index < -0.39 is 0 Å². The summed E-state index contributed by atoms with van der Waals surface area (Å²) in [5, 5.41) is 9.99. The Labute approximate surface area is 493 Å². The van der Waals surface area contributed by atoms with E-state index in [4.69, 9.17) is 0 Å². The minimum atomic E-state index is 1.10. The standard InChI is InChI=1S/C81H56N4/c1-51-33-36-59(55-21-10-5-11-22-55)44-73(51)82(62-28-16-27-58(43-62)54-19-8-4-9-20-54)63-39-41-65-67-29-17-31-69-71-50-79-72(49-78(71)84(80(67)69)76(65)47-63)70-32-18-30-68-66-42-40-64(48-77(66)85(79)81(68)70)83(74-45-60(37-34-52(74)2)56-23-12-6-13-24-56)75-46-61(38-35-53(75)3)57-25-14-7-15-26-57/h4-50H,1-3H3. The number of anilines is 6. The Morgan fingerprint density at radius 2 is 0.529 bits per heavy atom. The molecule has 17 aromatic rings. The van der Waals surface area contributed by atoms with Crippen molar-refractivity contribution in [2.75, 3.05) is 9.80 Å². The Kier molecular flexibility index (Phi) is 10.9. The molecular weight excluding hydrogens is 1030 g/mol. The van der Waals surface area contributed by atoms with Crippen molar-refractivity contribution >= 4 is 110 Å². The molecule has 0 spiro atoms. The van der Waals surface area contributed by atoms with Crippen LogP contribution in [-0.4, -0.2) is 8.80 Å². The molecule has 0 saturated carbocycles. The zero-order chi connectivity index (χ0) is 56.4. The van der Waals surface area contributed by atoms with Crippen LogP contribution in [0.1, 0.15) is 16.7 Å². The lowest BCUT2D eigenvalue weighted by Crippen LogP contribution is -2.13. The number of fused-ring (bicyclic) bond motifs is 12. The van der Waals surface area contributed by atoms with Crippen molar-refractivity contribution in [1.29, 1.82) is 0 Å². The van der Waals surface area contributed by atoms with Crippen LogP contribution in [0.5, 0.6) is 0 Å². The van der Waals surface area contributed by atoms with Gasteiger partial charge in [0.15, 0.2) is 0 Å². The predicted octanol–water partition coefficient (Wildman–Crippen LogP) is 22.5. The summed E-state index contributed by atoms with van der Waals surface area (Å²) in [7, 11) is 0. The molecule has 0 fully saturated rings. The smallest absolute Gasteiger partial charge is 0.0620 e. The predicted molar refractivity (Wildman–Crippen MR) is 361 cm³/mol. The summed E-state index contributed by atoms with van der Waals surface area (Å²) in [5.41, 5.74) is 27.1. The van der Waals surface area contributed by atoms with Gasteiger partial charge in [-0.1, -0.05) is 218 Å². The summed E-state index contributed by atoms with van der Waals surface area (Å²) in [6.45, 7) is 6.72. The molecule has 0 aliphatic heterocycles. The normalized spacial score (nSPS) is 11.9. The summed E-state index contributed by atoms with van der Waals surface area (Å²) >= 11 is 0. The maximum absolute atomic E-state index is 2.56. The van der Waals surface area contributed by atoms with Gasteiger partial charge in [0.1, 0.15) is 0 Å². The largest absolute Gasteiger partial charge is 0.310 e. The molecule has 0 radical (unpaired) electrons. The van der Waals surface area contributed by atoms with Crippen molar-refractivity contribution in [1.82, 2.24) is 8.80 Å². The lowest BCUT2D eigenvalue weighted by Gasteiger charge is -2.29. The summed E-state index contributed by atoms with van der Waals surface area (Å²) < 4.78 is 5.12. The van der Waals surface area contributed by atoms with Crippen LogP contribution < -0.4 is 9.80 Å². The minimum absolute atomic E-state index is 1.10. The molecule has 85 heavy (non-hydrogen) atoms. The molecule has 4 nitrogen and oxygen atoms in total. The van der Waals surface area contributed by atoms with E-state index in [2.05, 4.69) is 324 Å². The Balaban J connectivity index is 0.884. The van der Waals surface area contributed by atoms with E-state index in [0.29, 0.717) is 0 Å². The third kappa shape index (κ3) is 7.62. The third-order valence-corrected chi connectivity index (χ3v) is 18.1. The Hall–Kier alpha value is -10.9. The quantitative estimate of drug-likeness (QED) is 0.136. The van der Waals surface area contributed by atoms with Gasteiger partial charge in [-0.3, -0.25) is 0 Å². The van der Waals surface area contributed by atoms with Crippen molar-refractivity contribution < 1.29 is 0 Å². The first-order valence-electron chi connectivity index (χ1n) is 29.5. The van der Waals surface area contributed by atoms with Gasteiger partial charge in [0.05, 0.1) is 33.1 Å². The molecule has 0 aliphatic carbocycles. The fraction of sp³-hybridized carbons (Fsp3) is 0.0370. The molecule has 4 heterocycles. The summed E-state index contributed by atoms with van der Waals surface area (Å²) in [4.78, 5) is 4.97. The van der Waals surface area contributed by atoms with Gasteiger partial charge in [0, 0.05) is 77.2 Å². The van der Waals surface area contributed by atoms with Crippen LogP contribution >= 0.6 is 0 Å². The average Bonchev–Trinajstić information content (AvgIpc) is 3.51. The second-order valence-electron chi connectivity index (χ2n) is 23.1. The maximum atomic E-state index is 2.56. The van der Waals surface area contributed by atoms with Crippen molar-refractivity contribution in [3.63, 3.8) is 0 Å². The van der Waals surface area contributed by atoms with Gasteiger partial charge < -0.3 is 18.6 Å². The van der Waals surface area contributed by atoms with Gasteiger partial charge in [-0.25, -0.2) is 0 Å². The number of benzene rings is 13. The van der Waals surface area contributed by atoms with E-state index >= 15 is 0 Å². The molecule has 0 unspecified atom stereocenters. The number of aryl methyl sites for hydroxylation is 3. The zero-order valence-corrected chi connectivity index (χ0v) is 47.4. The molecule has 0 aliphatic rings. The number of nitrogens with zero attached hydrogens (tertiary/aromatic N) is 4. The van der Waals surface area contributed by atoms with E-state index in [1.165, 1.54) is 137 Å². The van der Waals surface area contributed by atoms with E-state index in [0.717, 1.165) is 34.1 Å². The van der Waals surface area contributed by atoms with Gasteiger partial charge in [0.2, 0.25) is 0 Å². The summed E-state index contributed by atoms with van der Waals surface area (Å²) in [5.74, 6) is 0. The molecule has 4 aromatic heterocycles. The highest BCUT2D eigenvalue weighted by Gasteiger charge is 2.26. The van der Waals surface area contributed by atoms with Gasteiger partial charge in [-0.05, 0) is 149 Å². The third-order valence-electron chi connectivity index (χ3n) is 18.1. The molecule has 0 atom stereocenters. The second-order valence-corrected chi connectivity index (χ2v) is 23.1. The van der Waals surface area contributed by atoms with Crippen molar-refractivity contribution in [3.8, 4) is 44.5 Å². The lowest BCUT2D eigenvalue weighted by molar-refractivity contribution is 1.23. The van der Waals surface area contributed by atoms with Crippen LogP contribution in [0.4, 0.5) is 34.1 Å². The minimum Gasteiger partial charge on any atom is -0.310 e. The highest BCUT2D eigenvalue weighted by molar-refractivity contribution is 6.29. The second kappa shape index (κ2) is 19.1. The van der Waals surface area contributed by atoms with E-state index in [-0.39, 0.29) is 0 Å². The first kappa shape index (κ1) is 48.7. The number of para-hydroxylation sites is 2. The van der Waals surface area contributed by atoms with E-state index in [9.17, 15) is 0 Å². The zero-order valence-electron chi connectivity index (χ0n) is 47.4.